The number of aryl methyl sites for hydroxylation is 1. The monoisotopic (exact) mass is 452 g/mol. The molecule has 0 unspecified atom stereocenters. The Morgan fingerprint density at radius 2 is 1.77 bits per heavy atom. The van der Waals surface area contributed by atoms with E-state index < -0.39 is 32.8 Å². The van der Waals surface area contributed by atoms with Crippen molar-refractivity contribution in [3.05, 3.63) is 82.6 Å². The van der Waals surface area contributed by atoms with Crippen LogP contribution in [0.5, 0.6) is 0 Å². The fourth-order valence-electron chi connectivity index (χ4n) is 3.19. The minimum atomic E-state index is -5.81. The Kier molecular flexibility index (Phi) is 5.75. The minimum absolute atomic E-state index is 0.213. The highest BCUT2D eigenvalue weighted by molar-refractivity contribution is 7.87. The molecule has 0 saturated carbocycles. The van der Waals surface area contributed by atoms with Crippen LogP contribution < -0.4 is 0 Å². The number of rotatable bonds is 5. The van der Waals surface area contributed by atoms with E-state index in [2.05, 4.69) is 4.18 Å². The third-order valence-corrected chi connectivity index (χ3v) is 5.74. The van der Waals surface area contributed by atoms with Crippen molar-refractivity contribution in [2.75, 3.05) is 0 Å². The van der Waals surface area contributed by atoms with E-state index >= 15 is 0 Å². The number of halogens is 3. The molecule has 0 heterocycles. The lowest BCUT2D eigenvalue weighted by atomic mass is 9.87. The van der Waals surface area contributed by atoms with Crippen molar-refractivity contribution in [2.45, 2.75) is 31.7 Å². The van der Waals surface area contributed by atoms with Gasteiger partial charge in [-0.2, -0.15) is 21.6 Å². The molecule has 1 aliphatic carbocycles. The second kappa shape index (κ2) is 7.88. The normalized spacial score (nSPS) is 15.5. The number of hydrogen-bond donors (Lipinski definition) is 0. The predicted octanol–water partition coefficient (Wildman–Crippen LogP) is 5.32. The van der Waals surface area contributed by atoms with Gasteiger partial charge in [0, 0.05) is 11.0 Å². The highest BCUT2D eigenvalue weighted by Crippen LogP contribution is 2.43. The lowest BCUT2D eigenvalue weighted by Gasteiger charge is -2.16. The number of fused-ring (bicyclic) bond motifs is 1. The molecule has 0 aromatic heterocycles. The van der Waals surface area contributed by atoms with Crippen molar-refractivity contribution < 1.29 is 35.3 Å². The molecular weight excluding hydrogens is 433 g/mol. The van der Waals surface area contributed by atoms with Crippen molar-refractivity contribution in [2.24, 2.45) is 0 Å². The third kappa shape index (κ3) is 4.66. The smallest absolute Gasteiger partial charge is 0.431 e. The van der Waals surface area contributed by atoms with Crippen LogP contribution in [0.2, 0.25) is 0 Å². The Balaban J connectivity index is 1.84. The van der Waals surface area contributed by atoms with E-state index in [9.17, 15) is 26.4 Å². The Hall–Kier alpha value is -3.07. The molecule has 5 nitrogen and oxygen atoms in total. The van der Waals surface area contributed by atoms with Gasteiger partial charge in [0.15, 0.2) is 0 Å². The highest BCUT2D eigenvalue weighted by Gasteiger charge is 2.50. The van der Waals surface area contributed by atoms with Crippen LogP contribution in [-0.4, -0.2) is 19.9 Å². The molecular formula is C22H19F3O5S. The van der Waals surface area contributed by atoms with Crippen LogP contribution in [0, 0.1) is 6.92 Å². The van der Waals surface area contributed by atoms with Crippen LogP contribution in [0.15, 0.2) is 54.8 Å². The zero-order valence-corrected chi connectivity index (χ0v) is 17.7. The Morgan fingerprint density at radius 3 is 2.42 bits per heavy atom. The van der Waals surface area contributed by atoms with Gasteiger partial charge in [-0.05, 0) is 47.9 Å². The molecule has 0 saturated heterocycles. The number of benzene rings is 2. The van der Waals surface area contributed by atoms with Gasteiger partial charge < -0.3 is 8.92 Å². The average molecular weight is 452 g/mol. The zero-order chi connectivity index (χ0) is 23.0. The lowest BCUT2D eigenvalue weighted by Crippen LogP contribution is -2.24. The Bertz CT molecular complexity index is 1190. The molecule has 1 aliphatic rings. The number of carbonyl (C=O) groups is 1. The summed E-state index contributed by atoms with van der Waals surface area (Å²) in [6.07, 6.45) is 3.93. The third-order valence-electron chi connectivity index (χ3n) is 4.78. The first-order valence-electron chi connectivity index (χ1n) is 9.13. The summed E-state index contributed by atoms with van der Waals surface area (Å²) in [6.45, 7) is 5.22. The van der Waals surface area contributed by atoms with E-state index in [1.807, 2.05) is 0 Å². The molecule has 31 heavy (non-hydrogen) atoms. The molecule has 0 amide bonds. The number of hydrogen-bond acceptors (Lipinski definition) is 5. The molecule has 9 heteroatoms. The van der Waals surface area contributed by atoms with Gasteiger partial charge >= 0.3 is 21.6 Å². The van der Waals surface area contributed by atoms with Crippen molar-refractivity contribution >= 4 is 27.9 Å². The fraction of sp³-hybridized carbons (Fsp3) is 0.227. The van der Waals surface area contributed by atoms with E-state index in [4.69, 9.17) is 4.74 Å². The molecule has 0 fully saturated rings. The van der Waals surface area contributed by atoms with Crippen LogP contribution in [-0.2, 0) is 24.5 Å². The standard InChI is InChI=1S/C22H19F3O5S/c1-14-6-4-5-7-16(14)20(26)29-11-10-15-8-9-18-17(12-15)19(13-21(18,2)3)30-31(27,28)22(23,24)25/h4-13H,1-3H3. The fourth-order valence-corrected chi connectivity index (χ4v) is 3.66. The van der Waals surface area contributed by atoms with Gasteiger partial charge in [0.25, 0.3) is 0 Å². The van der Waals surface area contributed by atoms with E-state index in [0.717, 1.165) is 11.8 Å². The van der Waals surface area contributed by atoms with Gasteiger partial charge in [-0.3, -0.25) is 0 Å². The second-order valence-corrected chi connectivity index (χ2v) is 9.08. The number of carbonyl (C=O) groups excluding carboxylic acids is 1. The zero-order valence-electron chi connectivity index (χ0n) is 16.9. The Morgan fingerprint density at radius 1 is 1.10 bits per heavy atom. The second-order valence-electron chi connectivity index (χ2n) is 7.54. The Labute approximate surface area is 177 Å². The topological polar surface area (TPSA) is 69.7 Å². The van der Waals surface area contributed by atoms with Gasteiger partial charge in [-0.25, -0.2) is 4.79 Å². The summed E-state index contributed by atoms with van der Waals surface area (Å²) in [5.74, 6) is -0.957. The predicted molar refractivity (Wildman–Crippen MR) is 109 cm³/mol. The first kappa shape index (κ1) is 22.6. The number of allylic oxidation sites excluding steroid dienone is 1. The van der Waals surface area contributed by atoms with Crippen LogP contribution in [0.1, 0.15) is 46.5 Å². The number of ether oxygens (including phenoxy) is 1. The van der Waals surface area contributed by atoms with Crippen LogP contribution in [0.25, 0.3) is 11.8 Å². The summed E-state index contributed by atoms with van der Waals surface area (Å²) in [6, 6.07) is 11.7. The van der Waals surface area contributed by atoms with Crippen molar-refractivity contribution in [1.29, 1.82) is 0 Å². The summed E-state index contributed by atoms with van der Waals surface area (Å²) in [7, 11) is -5.81. The van der Waals surface area contributed by atoms with E-state index in [-0.39, 0.29) is 5.56 Å². The van der Waals surface area contributed by atoms with Gasteiger partial charge in [0.05, 0.1) is 11.8 Å². The summed E-state index contributed by atoms with van der Waals surface area (Å²) in [4.78, 5) is 12.2. The molecule has 0 atom stereocenters. The molecule has 0 spiro atoms. The van der Waals surface area contributed by atoms with Crippen molar-refractivity contribution in [1.82, 2.24) is 0 Å². The first-order chi connectivity index (χ1) is 14.3. The van der Waals surface area contributed by atoms with E-state index in [1.165, 1.54) is 18.2 Å². The van der Waals surface area contributed by atoms with Gasteiger partial charge in [-0.1, -0.05) is 44.2 Å². The molecule has 0 radical (unpaired) electrons. The number of alkyl halides is 3. The lowest BCUT2D eigenvalue weighted by molar-refractivity contribution is -0.0509. The largest absolute Gasteiger partial charge is 0.534 e. The summed E-state index contributed by atoms with van der Waals surface area (Å²) >= 11 is 0. The minimum Gasteiger partial charge on any atom is -0.431 e. The summed E-state index contributed by atoms with van der Waals surface area (Å²) in [5, 5.41) is 0. The maximum Gasteiger partial charge on any atom is 0.534 e. The molecule has 0 N–H and O–H groups in total. The van der Waals surface area contributed by atoms with E-state index in [0.29, 0.717) is 16.7 Å². The quantitative estimate of drug-likeness (QED) is 0.266. The molecule has 3 rings (SSSR count). The molecule has 0 bridgehead atoms. The maximum absolute atomic E-state index is 12.7. The van der Waals surface area contributed by atoms with Crippen LogP contribution in [0.3, 0.4) is 0 Å². The average Bonchev–Trinajstić information content (AvgIpc) is 2.90. The first-order valence-corrected chi connectivity index (χ1v) is 10.5. The van der Waals surface area contributed by atoms with Crippen LogP contribution >= 0.6 is 0 Å². The number of esters is 1. The van der Waals surface area contributed by atoms with Gasteiger partial charge in [0.2, 0.25) is 0 Å². The van der Waals surface area contributed by atoms with Crippen molar-refractivity contribution in [3.8, 4) is 0 Å². The van der Waals surface area contributed by atoms with Gasteiger partial charge in [-0.15, -0.1) is 0 Å². The molecule has 2 aromatic rings. The molecule has 164 valence electrons. The van der Waals surface area contributed by atoms with Crippen molar-refractivity contribution in [3.63, 3.8) is 0 Å². The molecule has 2 aromatic carbocycles. The SMILES string of the molecule is Cc1ccccc1C(=O)OC=Cc1ccc2c(c1)C(OS(=O)(=O)C(F)(F)F)=CC2(C)C. The molecule has 0 aliphatic heterocycles. The van der Waals surface area contributed by atoms with Gasteiger partial charge in [0.1, 0.15) is 5.76 Å². The summed E-state index contributed by atoms with van der Waals surface area (Å²) in [5.41, 5.74) is -3.82. The van der Waals surface area contributed by atoms with E-state index in [1.54, 1.807) is 57.2 Å². The summed E-state index contributed by atoms with van der Waals surface area (Å²) < 4.78 is 70.7. The maximum atomic E-state index is 12.7. The van der Waals surface area contributed by atoms with Crippen LogP contribution in [0.4, 0.5) is 13.2 Å². The highest BCUT2D eigenvalue weighted by atomic mass is 32.2.